The Morgan fingerprint density at radius 3 is 2.67 bits per heavy atom. The van der Waals surface area contributed by atoms with E-state index in [-0.39, 0.29) is 23.5 Å². The summed E-state index contributed by atoms with van der Waals surface area (Å²) in [4.78, 5) is 19.5. The van der Waals surface area contributed by atoms with Gasteiger partial charge in [0.25, 0.3) is 0 Å². The molecule has 1 aromatic heterocycles. The number of halogens is 1. The van der Waals surface area contributed by atoms with Crippen molar-refractivity contribution in [2.45, 2.75) is 33.1 Å². The molecule has 1 N–H and O–H groups in total. The lowest BCUT2D eigenvalue weighted by Crippen LogP contribution is -2.18. The molecule has 0 spiro atoms. The van der Waals surface area contributed by atoms with Crippen LogP contribution in [0.1, 0.15) is 43.9 Å². The number of carbonyl (C=O) groups is 1. The molecule has 0 aliphatic heterocycles. The van der Waals surface area contributed by atoms with E-state index in [0.717, 1.165) is 0 Å². The van der Waals surface area contributed by atoms with Gasteiger partial charge >= 0.3 is 5.97 Å². The van der Waals surface area contributed by atoms with E-state index >= 15 is 0 Å². The minimum atomic E-state index is -0.471. The highest BCUT2D eigenvalue weighted by Gasteiger charge is 2.27. The van der Waals surface area contributed by atoms with Gasteiger partial charge in [0.05, 0.1) is 12.3 Å². The van der Waals surface area contributed by atoms with Crippen LogP contribution in [0.25, 0.3) is 11.4 Å². The van der Waals surface area contributed by atoms with Gasteiger partial charge in [-0.15, -0.1) is 0 Å². The Morgan fingerprint density at radius 1 is 1.38 bits per heavy atom. The SMILES string of the molecule is CCOC(=O)c1nc(-c2cccc(F)c2)[nH]c1C(C)(C)C. The molecule has 0 unspecified atom stereocenters. The molecule has 21 heavy (non-hydrogen) atoms. The Bertz CT molecular complexity index is 657. The van der Waals surface area contributed by atoms with Crippen LogP contribution in [0.2, 0.25) is 0 Å². The molecule has 0 aliphatic carbocycles. The lowest BCUT2D eigenvalue weighted by molar-refractivity contribution is 0.0517. The topological polar surface area (TPSA) is 55.0 Å². The molecule has 1 aromatic carbocycles. The van der Waals surface area contributed by atoms with Crippen LogP contribution >= 0.6 is 0 Å². The van der Waals surface area contributed by atoms with Crippen molar-refractivity contribution in [2.75, 3.05) is 6.61 Å². The molecule has 0 saturated heterocycles. The highest BCUT2D eigenvalue weighted by atomic mass is 19.1. The molecule has 4 nitrogen and oxygen atoms in total. The van der Waals surface area contributed by atoms with Gasteiger partial charge in [0.1, 0.15) is 11.6 Å². The monoisotopic (exact) mass is 290 g/mol. The lowest BCUT2D eigenvalue weighted by atomic mass is 9.91. The summed E-state index contributed by atoms with van der Waals surface area (Å²) in [7, 11) is 0. The van der Waals surface area contributed by atoms with Crippen molar-refractivity contribution in [1.82, 2.24) is 9.97 Å². The van der Waals surface area contributed by atoms with E-state index in [1.165, 1.54) is 12.1 Å². The molecule has 1 heterocycles. The average molecular weight is 290 g/mol. The molecule has 0 atom stereocenters. The van der Waals surface area contributed by atoms with Crippen molar-refractivity contribution in [3.8, 4) is 11.4 Å². The van der Waals surface area contributed by atoms with Gasteiger partial charge in [-0.25, -0.2) is 14.2 Å². The fourth-order valence-corrected chi connectivity index (χ4v) is 2.04. The summed E-state index contributed by atoms with van der Waals surface area (Å²) in [6.07, 6.45) is 0. The van der Waals surface area contributed by atoms with Crippen molar-refractivity contribution in [1.29, 1.82) is 0 Å². The summed E-state index contributed by atoms with van der Waals surface area (Å²) in [5.74, 6) is -0.359. The molecule has 5 heteroatoms. The predicted octanol–water partition coefficient (Wildman–Crippen LogP) is 3.69. The number of H-pyrrole nitrogens is 1. The minimum absolute atomic E-state index is 0.253. The van der Waals surface area contributed by atoms with E-state index in [1.54, 1.807) is 19.1 Å². The number of nitrogens with zero attached hydrogens (tertiary/aromatic N) is 1. The summed E-state index contributed by atoms with van der Waals surface area (Å²) in [6.45, 7) is 7.94. The third-order valence-corrected chi connectivity index (χ3v) is 3.02. The minimum Gasteiger partial charge on any atom is -0.461 e. The van der Waals surface area contributed by atoms with E-state index in [4.69, 9.17) is 4.74 Å². The summed E-state index contributed by atoms with van der Waals surface area (Å²) in [6, 6.07) is 6.08. The fraction of sp³-hybridized carbons (Fsp3) is 0.375. The van der Waals surface area contributed by atoms with E-state index in [2.05, 4.69) is 9.97 Å². The predicted molar refractivity (Wildman–Crippen MR) is 78.6 cm³/mol. The number of carbonyl (C=O) groups excluding carboxylic acids is 1. The Kier molecular flexibility index (Phi) is 4.11. The second-order valence-electron chi connectivity index (χ2n) is 5.79. The first-order valence-electron chi connectivity index (χ1n) is 6.86. The smallest absolute Gasteiger partial charge is 0.358 e. The molecular weight excluding hydrogens is 271 g/mol. The van der Waals surface area contributed by atoms with Crippen LogP contribution in [0.5, 0.6) is 0 Å². The van der Waals surface area contributed by atoms with Gasteiger partial charge in [-0.2, -0.15) is 0 Å². The molecule has 2 rings (SSSR count). The first-order chi connectivity index (χ1) is 9.82. The van der Waals surface area contributed by atoms with Gasteiger partial charge in [-0.3, -0.25) is 0 Å². The van der Waals surface area contributed by atoms with Gasteiger partial charge < -0.3 is 9.72 Å². The van der Waals surface area contributed by atoms with Crippen molar-refractivity contribution in [2.24, 2.45) is 0 Å². The summed E-state index contributed by atoms with van der Waals surface area (Å²) >= 11 is 0. The van der Waals surface area contributed by atoms with E-state index in [1.807, 2.05) is 20.8 Å². The molecule has 0 saturated carbocycles. The molecule has 0 fully saturated rings. The molecule has 0 amide bonds. The maximum Gasteiger partial charge on any atom is 0.358 e. The molecule has 0 bridgehead atoms. The quantitative estimate of drug-likeness (QED) is 0.877. The van der Waals surface area contributed by atoms with E-state index in [0.29, 0.717) is 17.1 Å². The molecule has 0 aliphatic rings. The number of ether oxygens (including phenoxy) is 1. The number of hydrogen-bond donors (Lipinski definition) is 1. The van der Waals surface area contributed by atoms with Gasteiger partial charge in [-0.05, 0) is 19.1 Å². The van der Waals surface area contributed by atoms with Crippen molar-refractivity contribution >= 4 is 5.97 Å². The molecule has 2 aromatic rings. The first-order valence-corrected chi connectivity index (χ1v) is 6.86. The zero-order valence-corrected chi connectivity index (χ0v) is 12.7. The highest BCUT2D eigenvalue weighted by molar-refractivity contribution is 5.89. The average Bonchev–Trinajstić information content (AvgIpc) is 2.84. The Morgan fingerprint density at radius 2 is 2.10 bits per heavy atom. The van der Waals surface area contributed by atoms with Crippen molar-refractivity contribution in [3.63, 3.8) is 0 Å². The summed E-state index contributed by atoms with van der Waals surface area (Å²) in [5.41, 5.74) is 1.22. The third kappa shape index (κ3) is 3.29. The highest BCUT2D eigenvalue weighted by Crippen LogP contribution is 2.28. The van der Waals surface area contributed by atoms with Crippen LogP contribution in [0.15, 0.2) is 24.3 Å². The van der Waals surface area contributed by atoms with Crippen LogP contribution in [-0.2, 0) is 10.2 Å². The normalized spacial score (nSPS) is 11.5. The lowest BCUT2D eigenvalue weighted by Gasteiger charge is -2.17. The van der Waals surface area contributed by atoms with Crippen LogP contribution < -0.4 is 0 Å². The first kappa shape index (κ1) is 15.2. The number of hydrogen-bond acceptors (Lipinski definition) is 3. The Balaban J connectivity index is 2.53. The zero-order valence-electron chi connectivity index (χ0n) is 12.7. The fourth-order valence-electron chi connectivity index (χ4n) is 2.04. The van der Waals surface area contributed by atoms with Gasteiger partial charge in [0.15, 0.2) is 5.69 Å². The van der Waals surface area contributed by atoms with Crippen LogP contribution in [0, 0.1) is 5.82 Å². The van der Waals surface area contributed by atoms with E-state index < -0.39 is 5.97 Å². The number of aromatic nitrogens is 2. The number of nitrogens with one attached hydrogen (secondary N) is 1. The van der Waals surface area contributed by atoms with E-state index in [9.17, 15) is 9.18 Å². The van der Waals surface area contributed by atoms with Crippen LogP contribution in [0.4, 0.5) is 4.39 Å². The molecule has 0 radical (unpaired) electrons. The second-order valence-corrected chi connectivity index (χ2v) is 5.79. The number of rotatable bonds is 3. The maximum absolute atomic E-state index is 13.3. The van der Waals surface area contributed by atoms with Crippen molar-refractivity contribution < 1.29 is 13.9 Å². The van der Waals surface area contributed by atoms with Crippen LogP contribution in [0.3, 0.4) is 0 Å². The number of aromatic amines is 1. The second kappa shape index (κ2) is 5.68. The largest absolute Gasteiger partial charge is 0.461 e. The number of esters is 1. The summed E-state index contributed by atoms with van der Waals surface area (Å²) < 4.78 is 18.4. The number of benzene rings is 1. The Hall–Kier alpha value is -2.17. The Labute approximate surface area is 123 Å². The van der Waals surface area contributed by atoms with Gasteiger partial charge in [-0.1, -0.05) is 32.9 Å². The standard InChI is InChI=1S/C16H19FN2O2/c1-5-21-15(20)12-13(16(2,3)4)19-14(18-12)10-7-6-8-11(17)9-10/h6-9H,5H2,1-4H3,(H,18,19). The zero-order chi connectivity index (χ0) is 15.6. The van der Waals surface area contributed by atoms with Crippen LogP contribution in [-0.4, -0.2) is 22.5 Å². The van der Waals surface area contributed by atoms with Gasteiger partial charge in [0.2, 0.25) is 0 Å². The third-order valence-electron chi connectivity index (χ3n) is 3.02. The van der Waals surface area contributed by atoms with Crippen molar-refractivity contribution in [3.05, 3.63) is 41.5 Å². The van der Waals surface area contributed by atoms with Gasteiger partial charge in [0, 0.05) is 11.0 Å². The maximum atomic E-state index is 13.3. The molecular formula is C16H19FN2O2. The summed E-state index contributed by atoms with van der Waals surface area (Å²) in [5, 5.41) is 0. The number of imidazole rings is 1. The molecule has 112 valence electrons.